The van der Waals surface area contributed by atoms with Crippen LogP contribution in [-0.4, -0.2) is 24.9 Å². The molecule has 260 valence electrons. The number of hydrogen-bond acceptors (Lipinski definition) is 7. The molecule has 5 heterocycles. The Kier molecular flexibility index (Phi) is 7.63. The number of non-ortho nitro benzene ring substituents is 1. The zero-order valence-corrected chi connectivity index (χ0v) is 28.7. The second-order valence-electron chi connectivity index (χ2n) is 13.2. The molecule has 0 amide bonds. The van der Waals surface area contributed by atoms with Crippen molar-refractivity contribution >= 4 is 69.1 Å². The summed E-state index contributed by atoms with van der Waals surface area (Å²) in [5, 5.41) is 11.6. The number of nitrogens with zero attached hydrogens (tertiary/aromatic N) is 3. The molecule has 54 heavy (non-hydrogen) atoms. The van der Waals surface area contributed by atoms with E-state index in [4.69, 9.17) is 27.2 Å². The van der Waals surface area contributed by atoms with Gasteiger partial charge in [-0.05, 0) is 119 Å². The average Bonchev–Trinajstić information content (AvgIpc) is 4.02. The average molecular weight is 705 g/mol. The highest BCUT2D eigenvalue weighted by Gasteiger charge is 2.19. The van der Waals surface area contributed by atoms with Crippen LogP contribution in [0.25, 0.3) is 90.9 Å². The van der Waals surface area contributed by atoms with E-state index >= 15 is 0 Å². The molecule has 7 aromatic rings. The first-order chi connectivity index (χ1) is 26.3. The third-order valence-corrected chi connectivity index (χ3v) is 9.72. The Morgan fingerprint density at radius 1 is 0.407 bits per heavy atom. The topological polar surface area (TPSA) is 179 Å². The highest BCUT2D eigenvalue weighted by molar-refractivity contribution is 6.00. The zero-order valence-electron chi connectivity index (χ0n) is 28.7. The summed E-state index contributed by atoms with van der Waals surface area (Å²) in [5.74, 6) is 0. The molecule has 4 aromatic carbocycles. The summed E-state index contributed by atoms with van der Waals surface area (Å²) >= 11 is 0. The summed E-state index contributed by atoms with van der Waals surface area (Å²) in [5.41, 5.74) is 33.6. The minimum atomic E-state index is -0.400. The van der Waals surface area contributed by atoms with Gasteiger partial charge in [-0.25, -0.2) is 9.97 Å². The predicted molar refractivity (Wildman–Crippen MR) is 220 cm³/mol. The monoisotopic (exact) mass is 704 g/mol. The van der Waals surface area contributed by atoms with Gasteiger partial charge >= 0.3 is 0 Å². The summed E-state index contributed by atoms with van der Waals surface area (Å²) in [7, 11) is 0. The van der Waals surface area contributed by atoms with E-state index in [0.717, 1.165) is 83.7 Å². The lowest BCUT2D eigenvalue weighted by Crippen LogP contribution is -1.91. The second-order valence-corrected chi connectivity index (χ2v) is 13.2. The lowest BCUT2D eigenvalue weighted by molar-refractivity contribution is -0.384. The molecule has 2 aliphatic rings. The molecule has 8 N–H and O–H groups in total. The summed E-state index contributed by atoms with van der Waals surface area (Å²) in [6.07, 6.45) is 8.03. The van der Waals surface area contributed by atoms with Crippen LogP contribution in [0.2, 0.25) is 0 Å². The van der Waals surface area contributed by atoms with Crippen molar-refractivity contribution in [1.29, 1.82) is 0 Å². The number of rotatable bonds is 5. The molecule has 2 aliphatic heterocycles. The molecule has 0 fully saturated rings. The van der Waals surface area contributed by atoms with E-state index in [1.165, 1.54) is 12.1 Å². The van der Waals surface area contributed by atoms with Crippen LogP contribution in [0.4, 0.5) is 22.7 Å². The molecule has 10 nitrogen and oxygen atoms in total. The van der Waals surface area contributed by atoms with Gasteiger partial charge in [-0.1, -0.05) is 36.4 Å². The van der Waals surface area contributed by atoms with E-state index in [9.17, 15) is 10.1 Å². The number of fused-ring (bicyclic) bond motifs is 8. The van der Waals surface area contributed by atoms with E-state index in [0.29, 0.717) is 22.8 Å². The van der Waals surface area contributed by atoms with Gasteiger partial charge in [-0.2, -0.15) is 0 Å². The minimum Gasteiger partial charge on any atom is -0.399 e. The van der Waals surface area contributed by atoms with Gasteiger partial charge in [0, 0.05) is 73.5 Å². The number of aromatic amines is 2. The Morgan fingerprint density at radius 3 is 0.926 bits per heavy atom. The van der Waals surface area contributed by atoms with E-state index in [2.05, 4.69) is 22.1 Å². The van der Waals surface area contributed by atoms with Crippen molar-refractivity contribution in [2.45, 2.75) is 0 Å². The van der Waals surface area contributed by atoms with E-state index < -0.39 is 4.92 Å². The van der Waals surface area contributed by atoms with Crippen molar-refractivity contribution in [3.05, 3.63) is 154 Å². The van der Waals surface area contributed by atoms with Crippen LogP contribution < -0.4 is 17.2 Å². The van der Waals surface area contributed by atoms with Crippen LogP contribution >= 0.6 is 0 Å². The molecule has 9 rings (SSSR count). The maximum absolute atomic E-state index is 11.6. The highest BCUT2D eigenvalue weighted by atomic mass is 16.6. The van der Waals surface area contributed by atoms with E-state index in [1.54, 1.807) is 12.1 Å². The van der Waals surface area contributed by atoms with Crippen LogP contribution in [0.5, 0.6) is 0 Å². The zero-order chi connectivity index (χ0) is 36.9. The Morgan fingerprint density at radius 2 is 0.667 bits per heavy atom. The Hall–Kier alpha value is -7.72. The van der Waals surface area contributed by atoms with Crippen LogP contribution in [0.1, 0.15) is 22.8 Å². The summed E-state index contributed by atoms with van der Waals surface area (Å²) in [4.78, 5) is 29.1. The molecule has 0 atom stereocenters. The van der Waals surface area contributed by atoms with Gasteiger partial charge < -0.3 is 27.2 Å². The fraction of sp³-hybridized carbons (Fsp3) is 0. The van der Waals surface area contributed by atoms with Gasteiger partial charge in [0.25, 0.3) is 5.69 Å². The number of aromatic nitrogens is 4. The van der Waals surface area contributed by atoms with Crippen molar-refractivity contribution in [3.63, 3.8) is 0 Å². The van der Waals surface area contributed by atoms with Gasteiger partial charge in [0.05, 0.1) is 27.7 Å². The van der Waals surface area contributed by atoms with Crippen LogP contribution in [-0.2, 0) is 0 Å². The fourth-order valence-electron chi connectivity index (χ4n) is 7.12. The van der Waals surface area contributed by atoms with E-state index in [-0.39, 0.29) is 5.69 Å². The van der Waals surface area contributed by atoms with Gasteiger partial charge in [0.15, 0.2) is 0 Å². The summed E-state index contributed by atoms with van der Waals surface area (Å²) < 4.78 is 0. The number of nitrogen functional groups attached to an aromatic ring is 3. The fourth-order valence-corrected chi connectivity index (χ4v) is 7.12. The quantitative estimate of drug-likeness (QED) is 0.0672. The highest BCUT2D eigenvalue weighted by Crippen LogP contribution is 2.39. The van der Waals surface area contributed by atoms with Crippen LogP contribution in [0, 0.1) is 10.1 Å². The largest absolute Gasteiger partial charge is 0.399 e. The molecule has 0 saturated carbocycles. The van der Waals surface area contributed by atoms with E-state index in [1.807, 2.05) is 109 Å². The van der Waals surface area contributed by atoms with Crippen molar-refractivity contribution in [1.82, 2.24) is 19.9 Å². The molecule has 0 unspecified atom stereocenters. The Bertz CT molecular complexity index is 2810. The number of benzene rings is 4. The Balaban J connectivity index is 1.45. The molecule has 3 aromatic heterocycles. The third-order valence-electron chi connectivity index (χ3n) is 9.72. The van der Waals surface area contributed by atoms with Crippen molar-refractivity contribution in [2.24, 2.45) is 0 Å². The van der Waals surface area contributed by atoms with Gasteiger partial charge in [0.2, 0.25) is 0 Å². The number of anilines is 3. The molecule has 8 bridgehead atoms. The molecule has 0 radical (unpaired) electrons. The number of hydrogen-bond donors (Lipinski definition) is 5. The van der Waals surface area contributed by atoms with Crippen LogP contribution in [0.15, 0.2) is 121 Å². The van der Waals surface area contributed by atoms with Crippen molar-refractivity contribution in [2.75, 3.05) is 17.2 Å². The van der Waals surface area contributed by atoms with Gasteiger partial charge in [-0.15, -0.1) is 0 Å². The normalized spacial score (nSPS) is 11.9. The molecular formula is C44H32N8O2. The van der Waals surface area contributed by atoms with Crippen molar-refractivity contribution < 1.29 is 4.92 Å². The smallest absolute Gasteiger partial charge is 0.269 e. The predicted octanol–water partition coefficient (Wildman–Crippen LogP) is 9.98. The number of nitro benzene ring substituents is 1. The minimum absolute atomic E-state index is 0.00427. The third kappa shape index (κ3) is 5.73. The first-order valence-corrected chi connectivity index (χ1v) is 17.3. The number of nitrogens with one attached hydrogen (secondary N) is 2. The standard InChI is InChI=1S/C44H32N8O2/c45-29-9-1-25(2-10-29)41-33-17-19-35(48-33)42(26-3-11-30(46)12-4-26)37-21-23-39(50-37)44(28-7-15-32(16-8-28)52(53)54)40-24-22-38(51-40)43(36-20-18-34(41)49-36)27-5-13-31(47)14-6-27/h1-24,48,51H,45-47H2. The van der Waals surface area contributed by atoms with Gasteiger partial charge in [0.1, 0.15) is 0 Å². The summed E-state index contributed by atoms with van der Waals surface area (Å²) in [6.45, 7) is 0. The number of nitro groups is 1. The molecule has 0 spiro atoms. The van der Waals surface area contributed by atoms with Gasteiger partial charge in [-0.3, -0.25) is 10.1 Å². The summed E-state index contributed by atoms with van der Waals surface area (Å²) in [6, 6.07) is 37.9. The molecule has 0 aliphatic carbocycles. The SMILES string of the molecule is Nc1ccc(-c2c3nc(c(-c4ccc(N)cc4)c4ccc([nH]4)c(-c4ccc([N+](=O)[O-])cc4)c4nc(c(-c5ccc(N)cc5)c5ccc2[nH]5)C=C4)C=C3)cc1. The first-order valence-electron chi connectivity index (χ1n) is 17.3. The van der Waals surface area contributed by atoms with Crippen LogP contribution in [0.3, 0.4) is 0 Å². The lowest BCUT2D eigenvalue weighted by atomic mass is 10.0. The van der Waals surface area contributed by atoms with Crippen molar-refractivity contribution in [3.8, 4) is 44.5 Å². The molecule has 0 saturated heterocycles. The second kappa shape index (κ2) is 12.8. The lowest BCUT2D eigenvalue weighted by Gasteiger charge is -2.07. The molecular weight excluding hydrogens is 673 g/mol. The number of nitrogens with two attached hydrogens (primary N) is 3. The first kappa shape index (κ1) is 32.2. The maximum Gasteiger partial charge on any atom is 0.269 e. The maximum atomic E-state index is 11.6. The Labute approximate surface area is 309 Å². The molecule has 10 heteroatoms. The number of H-pyrrole nitrogens is 2.